The number of carboxylic acid groups (broad SMARTS) is 1. The van der Waals surface area contributed by atoms with Gasteiger partial charge in [-0.05, 0) is 56.8 Å². The van der Waals surface area contributed by atoms with Crippen molar-refractivity contribution in [3.05, 3.63) is 29.3 Å². The molecule has 200 valence electrons. The van der Waals surface area contributed by atoms with E-state index in [9.17, 15) is 32.3 Å². The number of aliphatic carboxylic acids is 1. The summed E-state index contributed by atoms with van der Waals surface area (Å²) in [6.45, 7) is 3.05. The van der Waals surface area contributed by atoms with Crippen LogP contribution in [0.4, 0.5) is 18.9 Å². The molecule has 1 unspecified atom stereocenters. The third-order valence-electron chi connectivity index (χ3n) is 7.25. The van der Waals surface area contributed by atoms with Crippen LogP contribution in [0.5, 0.6) is 0 Å². The highest BCUT2D eigenvalue weighted by Gasteiger charge is 2.46. The topological polar surface area (TPSA) is 136 Å². The van der Waals surface area contributed by atoms with Crippen LogP contribution in [-0.4, -0.2) is 76.5 Å². The largest absolute Gasteiger partial charge is 0.490 e. The molecule has 5 rings (SSSR count). The molecule has 3 fully saturated rings. The number of likely N-dealkylation sites (N-methyl/N-ethyl adjacent to an activating group) is 1. The van der Waals surface area contributed by atoms with Gasteiger partial charge in [-0.15, -0.1) is 0 Å². The van der Waals surface area contributed by atoms with Crippen molar-refractivity contribution in [2.45, 2.75) is 75.8 Å². The molecule has 0 radical (unpaired) electrons. The van der Waals surface area contributed by atoms with E-state index in [4.69, 9.17) is 9.90 Å². The molecule has 4 atom stereocenters. The summed E-state index contributed by atoms with van der Waals surface area (Å²) in [6, 6.07) is 5.81. The van der Waals surface area contributed by atoms with Crippen LogP contribution in [-0.2, 0) is 14.4 Å². The van der Waals surface area contributed by atoms with E-state index in [1.165, 1.54) is 0 Å². The van der Waals surface area contributed by atoms with Gasteiger partial charge < -0.3 is 15.3 Å². The van der Waals surface area contributed by atoms with Gasteiger partial charge in [0.1, 0.15) is 6.04 Å². The SMILES string of the molecule is CCN[C@@H]1CC[C@H]2CC[C@@H]1N2c1ccc2c(c1)C(=O)N(C1CCC(=O)NC1=O)C2=O.O=C(O)C(F)(F)F. The summed E-state index contributed by atoms with van der Waals surface area (Å²) >= 11 is 0. The average Bonchev–Trinajstić information content (AvgIpc) is 3.28. The van der Waals surface area contributed by atoms with E-state index in [1.807, 2.05) is 12.1 Å². The molecule has 4 aliphatic heterocycles. The minimum Gasteiger partial charge on any atom is -0.475 e. The molecule has 4 amide bonds. The van der Waals surface area contributed by atoms with Gasteiger partial charge in [0.15, 0.2) is 0 Å². The van der Waals surface area contributed by atoms with Gasteiger partial charge in [-0.1, -0.05) is 6.92 Å². The lowest BCUT2D eigenvalue weighted by atomic mass is 9.95. The fraction of sp³-hybridized carbons (Fsp3) is 0.542. The maximum atomic E-state index is 13.1. The Kier molecular flexibility index (Phi) is 7.27. The number of fused-ring (bicyclic) bond motifs is 3. The molecule has 3 saturated heterocycles. The summed E-state index contributed by atoms with van der Waals surface area (Å²) in [6.07, 6.45) is -0.263. The number of imide groups is 2. The third-order valence-corrected chi connectivity index (χ3v) is 7.25. The monoisotopic (exact) mass is 524 g/mol. The number of hydrogen-bond donors (Lipinski definition) is 3. The first-order chi connectivity index (χ1) is 17.4. The van der Waals surface area contributed by atoms with E-state index in [-0.39, 0.29) is 18.7 Å². The number of alkyl halides is 3. The normalized spacial score (nSPS) is 27.0. The van der Waals surface area contributed by atoms with Crippen LogP contribution in [0.15, 0.2) is 18.2 Å². The molecule has 3 N–H and O–H groups in total. The lowest BCUT2D eigenvalue weighted by Crippen LogP contribution is -2.54. The molecule has 0 aromatic heterocycles. The predicted molar refractivity (Wildman–Crippen MR) is 123 cm³/mol. The molecule has 37 heavy (non-hydrogen) atoms. The number of anilines is 1. The van der Waals surface area contributed by atoms with Crippen molar-refractivity contribution in [2.24, 2.45) is 0 Å². The molecule has 0 aliphatic carbocycles. The number of hydrogen-bond acceptors (Lipinski definition) is 7. The van der Waals surface area contributed by atoms with E-state index in [1.54, 1.807) is 6.07 Å². The predicted octanol–water partition coefficient (Wildman–Crippen LogP) is 1.83. The molecule has 4 aliphatic rings. The number of nitrogens with zero attached hydrogens (tertiary/aromatic N) is 2. The first-order valence-electron chi connectivity index (χ1n) is 12.1. The Morgan fingerprint density at radius 2 is 1.70 bits per heavy atom. The molecule has 2 bridgehead atoms. The third kappa shape index (κ3) is 5.04. The highest BCUT2D eigenvalue weighted by atomic mass is 19.4. The maximum absolute atomic E-state index is 13.1. The van der Waals surface area contributed by atoms with Crippen LogP contribution >= 0.6 is 0 Å². The quantitative estimate of drug-likeness (QED) is 0.508. The van der Waals surface area contributed by atoms with Gasteiger partial charge in [0.05, 0.1) is 11.1 Å². The molecule has 10 nitrogen and oxygen atoms in total. The standard InChI is InChI=1S/C22H26N4O4.C2HF3O2/c1-2-23-16-7-4-12-5-8-17(16)25(12)13-3-6-14-15(11-13)22(30)26(21(14)29)18-9-10-19(27)24-20(18)28;3-2(4,5)1(6)7/h3,6,11-12,16-18,23H,2,4-5,7-10H2,1H3,(H,24,27,28);(H,6,7)/t12-,16+,17-,18?;/m0./s1. The fourth-order valence-electron chi connectivity index (χ4n) is 5.68. The van der Waals surface area contributed by atoms with Crippen molar-refractivity contribution >= 4 is 35.3 Å². The molecule has 13 heteroatoms. The first kappa shape index (κ1) is 26.6. The molecular weight excluding hydrogens is 497 g/mol. The number of halogens is 3. The van der Waals surface area contributed by atoms with Crippen LogP contribution in [0.3, 0.4) is 0 Å². The zero-order valence-electron chi connectivity index (χ0n) is 20.0. The summed E-state index contributed by atoms with van der Waals surface area (Å²) < 4.78 is 31.7. The van der Waals surface area contributed by atoms with E-state index in [0.29, 0.717) is 29.3 Å². The molecular formula is C24H27F3N4O6. The Balaban J connectivity index is 0.000000405. The minimum atomic E-state index is -5.08. The van der Waals surface area contributed by atoms with Crippen molar-refractivity contribution in [3.63, 3.8) is 0 Å². The second-order valence-corrected chi connectivity index (χ2v) is 9.43. The van der Waals surface area contributed by atoms with Crippen LogP contribution < -0.4 is 15.5 Å². The number of nitrogens with one attached hydrogen (secondary N) is 2. The van der Waals surface area contributed by atoms with Crippen molar-refractivity contribution in [3.8, 4) is 0 Å². The van der Waals surface area contributed by atoms with Gasteiger partial charge in [-0.3, -0.25) is 29.4 Å². The average molecular weight is 524 g/mol. The summed E-state index contributed by atoms with van der Waals surface area (Å²) in [5.74, 6) is -4.61. The Bertz CT molecular complexity index is 1140. The van der Waals surface area contributed by atoms with Crippen LogP contribution in [0.2, 0.25) is 0 Å². The second kappa shape index (κ2) is 10.1. The van der Waals surface area contributed by atoms with Crippen molar-refractivity contribution < 1.29 is 42.3 Å². The van der Waals surface area contributed by atoms with Crippen molar-refractivity contribution in [2.75, 3.05) is 11.4 Å². The van der Waals surface area contributed by atoms with Crippen molar-refractivity contribution in [1.29, 1.82) is 0 Å². The number of carbonyl (C=O) groups is 5. The van der Waals surface area contributed by atoms with Gasteiger partial charge in [-0.2, -0.15) is 13.2 Å². The number of rotatable bonds is 4. The highest BCUT2D eigenvalue weighted by Crippen LogP contribution is 2.41. The summed E-state index contributed by atoms with van der Waals surface area (Å²) in [5.41, 5.74) is 1.66. The molecule has 4 heterocycles. The smallest absolute Gasteiger partial charge is 0.475 e. The van der Waals surface area contributed by atoms with Gasteiger partial charge in [0.25, 0.3) is 11.8 Å². The highest BCUT2D eigenvalue weighted by molar-refractivity contribution is 6.23. The fourth-order valence-corrected chi connectivity index (χ4v) is 5.68. The molecule has 0 spiro atoms. The molecule has 1 aromatic rings. The van der Waals surface area contributed by atoms with E-state index in [0.717, 1.165) is 42.8 Å². The Morgan fingerprint density at radius 1 is 1.05 bits per heavy atom. The number of carbonyl (C=O) groups excluding carboxylic acids is 4. The van der Waals surface area contributed by atoms with Gasteiger partial charge >= 0.3 is 12.1 Å². The zero-order valence-corrected chi connectivity index (χ0v) is 20.0. The van der Waals surface area contributed by atoms with Gasteiger partial charge in [-0.25, -0.2) is 4.79 Å². The summed E-state index contributed by atoms with van der Waals surface area (Å²) in [7, 11) is 0. The first-order valence-corrected chi connectivity index (χ1v) is 12.1. The number of piperidine rings is 2. The van der Waals surface area contributed by atoms with E-state index < -0.39 is 35.9 Å². The van der Waals surface area contributed by atoms with Gasteiger partial charge in [0.2, 0.25) is 11.8 Å². The molecule has 1 aromatic carbocycles. The van der Waals surface area contributed by atoms with E-state index >= 15 is 0 Å². The maximum Gasteiger partial charge on any atom is 0.490 e. The molecule has 0 saturated carbocycles. The Labute approximate surface area is 210 Å². The van der Waals surface area contributed by atoms with Crippen LogP contribution in [0.25, 0.3) is 0 Å². The lowest BCUT2D eigenvalue weighted by molar-refractivity contribution is -0.192. The summed E-state index contributed by atoms with van der Waals surface area (Å²) in [4.78, 5) is 62.1. The lowest BCUT2D eigenvalue weighted by Gasteiger charge is -2.42. The number of carboxylic acids is 1. The van der Waals surface area contributed by atoms with Crippen LogP contribution in [0.1, 0.15) is 66.2 Å². The number of amides is 4. The van der Waals surface area contributed by atoms with Gasteiger partial charge in [0, 0.05) is 30.2 Å². The minimum absolute atomic E-state index is 0.123. The Hall–Kier alpha value is -3.48. The number of benzene rings is 1. The van der Waals surface area contributed by atoms with E-state index in [2.05, 4.69) is 22.5 Å². The second-order valence-electron chi connectivity index (χ2n) is 9.43. The Morgan fingerprint density at radius 3 is 2.32 bits per heavy atom. The zero-order chi connectivity index (χ0) is 27.1. The van der Waals surface area contributed by atoms with Crippen LogP contribution in [0, 0.1) is 0 Å². The summed E-state index contributed by atoms with van der Waals surface area (Å²) in [5, 5.41) is 13.0. The van der Waals surface area contributed by atoms with Crippen molar-refractivity contribution in [1.82, 2.24) is 15.5 Å².